The lowest BCUT2D eigenvalue weighted by atomic mass is 10.0. The van der Waals surface area contributed by atoms with Gasteiger partial charge >= 0.3 is 0 Å². The summed E-state index contributed by atoms with van der Waals surface area (Å²) in [5, 5.41) is 26.4. The Morgan fingerprint density at radius 1 is 0.485 bits per heavy atom. The molecule has 0 aromatic heterocycles. The van der Waals surface area contributed by atoms with Crippen LogP contribution >= 0.6 is 0 Å². The van der Waals surface area contributed by atoms with E-state index in [0.29, 0.717) is 5.75 Å². The molecule has 5 heteroatoms. The summed E-state index contributed by atoms with van der Waals surface area (Å²) in [5.41, 5.74) is 2.33. The van der Waals surface area contributed by atoms with Crippen LogP contribution in [-0.4, -0.2) is 44.4 Å². The van der Waals surface area contributed by atoms with Crippen molar-refractivity contribution in [3.63, 3.8) is 0 Å². The fourth-order valence-corrected chi connectivity index (χ4v) is 3.98. The number of aromatic hydroxyl groups is 1. The molecule has 0 aliphatic heterocycles. The predicted molar refractivity (Wildman–Crippen MR) is 140 cm³/mol. The molecule has 0 fully saturated rings. The molecule has 0 atom stereocenters. The van der Waals surface area contributed by atoms with Crippen LogP contribution in [0.2, 0.25) is 0 Å². The molecule has 0 saturated heterocycles. The number of para-hydroxylation sites is 1. The van der Waals surface area contributed by atoms with Gasteiger partial charge in [-0.2, -0.15) is 0 Å². The van der Waals surface area contributed by atoms with Gasteiger partial charge in [-0.05, 0) is 87.4 Å². The molecule has 0 spiro atoms. The summed E-state index contributed by atoms with van der Waals surface area (Å²) in [7, 11) is 0. The molecule has 3 aromatic carbocycles. The van der Waals surface area contributed by atoms with Crippen molar-refractivity contribution in [3.05, 3.63) is 77.9 Å². The first-order valence-electron chi connectivity index (χ1n) is 12.4. The van der Waals surface area contributed by atoms with Crippen LogP contribution in [0.4, 0.5) is 0 Å². The minimum atomic E-state index is 0.369. The molecule has 3 rings (SSSR count). The molecule has 0 amide bonds. The Balaban J connectivity index is 1.08. The Kier molecular flexibility index (Phi) is 11.8. The summed E-state index contributed by atoms with van der Waals surface area (Å²) in [4.78, 5) is 0. The molecule has 0 saturated carbocycles. The highest BCUT2D eigenvalue weighted by Crippen LogP contribution is 2.18. The molecule has 0 radical (unpaired) electrons. The number of fused-ring (bicyclic) bond motifs is 1. The van der Waals surface area contributed by atoms with Crippen LogP contribution in [0, 0.1) is 0 Å². The number of rotatable bonds is 17. The van der Waals surface area contributed by atoms with E-state index in [2.05, 4.69) is 63.7 Å². The summed E-state index contributed by atoms with van der Waals surface area (Å²) in [6.45, 7) is 7.91. The minimum Gasteiger partial charge on any atom is -0.508 e. The average molecular weight is 449 g/mol. The molecular formula is C28H40N4O. The molecule has 0 heterocycles. The van der Waals surface area contributed by atoms with Crippen LogP contribution in [0.15, 0.2) is 66.7 Å². The van der Waals surface area contributed by atoms with Gasteiger partial charge in [0.05, 0.1) is 0 Å². The van der Waals surface area contributed by atoms with Crippen LogP contribution in [0.3, 0.4) is 0 Å². The molecule has 0 aliphatic carbocycles. The standard InChI is InChI=1S/C28H40N4O/c33-28-15-4-2-11-26(28)23-32-21-9-19-30-17-6-5-16-29-18-8-20-31-22-25-13-7-12-24-10-1-3-14-27(24)25/h1-4,7,10-15,29-33H,5-6,8-9,16-23H2. The number of nitrogens with one attached hydrogen (secondary N) is 4. The average Bonchev–Trinajstić information content (AvgIpc) is 2.85. The molecule has 0 aliphatic rings. The van der Waals surface area contributed by atoms with Gasteiger partial charge in [-0.3, -0.25) is 0 Å². The smallest absolute Gasteiger partial charge is 0.120 e. The second-order valence-electron chi connectivity index (χ2n) is 8.53. The number of benzene rings is 3. The largest absolute Gasteiger partial charge is 0.508 e. The zero-order chi connectivity index (χ0) is 23.0. The van der Waals surface area contributed by atoms with E-state index in [1.807, 2.05) is 18.2 Å². The van der Waals surface area contributed by atoms with E-state index in [1.165, 1.54) is 29.2 Å². The van der Waals surface area contributed by atoms with E-state index < -0.39 is 0 Å². The van der Waals surface area contributed by atoms with Gasteiger partial charge in [-0.25, -0.2) is 0 Å². The van der Waals surface area contributed by atoms with Crippen molar-refractivity contribution >= 4 is 10.8 Å². The topological polar surface area (TPSA) is 68.3 Å². The maximum atomic E-state index is 9.74. The summed E-state index contributed by atoms with van der Waals surface area (Å²) in [6.07, 6.45) is 4.66. The van der Waals surface area contributed by atoms with E-state index in [9.17, 15) is 5.11 Å². The first-order valence-corrected chi connectivity index (χ1v) is 12.4. The van der Waals surface area contributed by atoms with Gasteiger partial charge in [0, 0.05) is 18.7 Å². The van der Waals surface area contributed by atoms with Gasteiger partial charge in [0.15, 0.2) is 0 Å². The third kappa shape index (κ3) is 9.52. The lowest BCUT2D eigenvalue weighted by Gasteiger charge is -2.09. The van der Waals surface area contributed by atoms with Crippen LogP contribution in [0.5, 0.6) is 5.75 Å². The van der Waals surface area contributed by atoms with E-state index in [-0.39, 0.29) is 0 Å². The van der Waals surface area contributed by atoms with E-state index in [1.54, 1.807) is 6.07 Å². The zero-order valence-electron chi connectivity index (χ0n) is 19.8. The van der Waals surface area contributed by atoms with Gasteiger partial charge in [0.2, 0.25) is 0 Å². The molecule has 5 nitrogen and oxygen atoms in total. The van der Waals surface area contributed by atoms with Crippen molar-refractivity contribution < 1.29 is 5.11 Å². The van der Waals surface area contributed by atoms with Crippen molar-refractivity contribution in [1.29, 1.82) is 0 Å². The van der Waals surface area contributed by atoms with Crippen LogP contribution in [0.25, 0.3) is 10.8 Å². The van der Waals surface area contributed by atoms with Gasteiger partial charge < -0.3 is 26.4 Å². The third-order valence-corrected chi connectivity index (χ3v) is 5.87. The van der Waals surface area contributed by atoms with Gasteiger partial charge in [0.25, 0.3) is 0 Å². The maximum Gasteiger partial charge on any atom is 0.120 e. The molecular weight excluding hydrogens is 408 g/mol. The van der Waals surface area contributed by atoms with Crippen molar-refractivity contribution in [2.75, 3.05) is 39.3 Å². The van der Waals surface area contributed by atoms with Crippen molar-refractivity contribution in [2.45, 2.75) is 38.8 Å². The van der Waals surface area contributed by atoms with Crippen molar-refractivity contribution in [2.24, 2.45) is 0 Å². The van der Waals surface area contributed by atoms with Crippen LogP contribution < -0.4 is 21.3 Å². The van der Waals surface area contributed by atoms with Gasteiger partial charge in [-0.15, -0.1) is 0 Å². The Morgan fingerprint density at radius 2 is 1.00 bits per heavy atom. The first-order chi connectivity index (χ1) is 16.3. The fraction of sp³-hybridized carbons (Fsp3) is 0.429. The summed E-state index contributed by atoms with van der Waals surface area (Å²) >= 11 is 0. The lowest BCUT2D eigenvalue weighted by Crippen LogP contribution is -2.24. The van der Waals surface area contributed by atoms with Crippen LogP contribution in [0.1, 0.15) is 36.8 Å². The first kappa shape index (κ1) is 25.2. The number of phenols is 1. The van der Waals surface area contributed by atoms with Gasteiger partial charge in [0.1, 0.15) is 5.75 Å². The molecule has 3 aromatic rings. The van der Waals surface area contributed by atoms with Crippen molar-refractivity contribution in [1.82, 2.24) is 21.3 Å². The number of unbranched alkanes of at least 4 members (excludes halogenated alkanes) is 1. The SMILES string of the molecule is Oc1ccccc1CNCCCNCCCCNCCCNCc1cccc2ccccc12. The Morgan fingerprint density at radius 3 is 1.73 bits per heavy atom. The van der Waals surface area contributed by atoms with E-state index in [4.69, 9.17) is 0 Å². The Bertz CT molecular complexity index is 925. The number of hydrogen-bond donors (Lipinski definition) is 5. The van der Waals surface area contributed by atoms with E-state index >= 15 is 0 Å². The Hall–Kier alpha value is -2.44. The molecule has 33 heavy (non-hydrogen) atoms. The van der Waals surface area contributed by atoms with E-state index in [0.717, 1.165) is 70.8 Å². The highest BCUT2D eigenvalue weighted by molar-refractivity contribution is 5.85. The van der Waals surface area contributed by atoms with Gasteiger partial charge in [-0.1, -0.05) is 60.7 Å². The quantitative estimate of drug-likeness (QED) is 0.201. The minimum absolute atomic E-state index is 0.369. The fourth-order valence-electron chi connectivity index (χ4n) is 3.98. The third-order valence-electron chi connectivity index (χ3n) is 5.87. The molecule has 0 bridgehead atoms. The van der Waals surface area contributed by atoms with Crippen LogP contribution in [-0.2, 0) is 13.1 Å². The van der Waals surface area contributed by atoms with Crippen molar-refractivity contribution in [3.8, 4) is 5.75 Å². The molecule has 5 N–H and O–H groups in total. The Labute approximate surface area is 199 Å². The molecule has 178 valence electrons. The maximum absolute atomic E-state index is 9.74. The monoisotopic (exact) mass is 448 g/mol. The zero-order valence-corrected chi connectivity index (χ0v) is 19.8. The molecule has 0 unspecified atom stereocenters. The second kappa shape index (κ2) is 15.4. The highest BCUT2D eigenvalue weighted by atomic mass is 16.3. The summed E-state index contributed by atoms with van der Waals surface area (Å²) in [6, 6.07) is 22.6. The summed E-state index contributed by atoms with van der Waals surface area (Å²) in [5.74, 6) is 0.369. The predicted octanol–water partition coefficient (Wildman–Crippen LogP) is 4.16. The number of phenolic OH excluding ortho intramolecular Hbond substituents is 1. The lowest BCUT2D eigenvalue weighted by molar-refractivity contribution is 0.463. The highest BCUT2D eigenvalue weighted by Gasteiger charge is 2.00. The normalized spacial score (nSPS) is 11.3. The number of hydrogen-bond acceptors (Lipinski definition) is 5. The second-order valence-corrected chi connectivity index (χ2v) is 8.53. The summed E-state index contributed by atoms with van der Waals surface area (Å²) < 4.78 is 0.